The van der Waals surface area contributed by atoms with Crippen LogP contribution >= 0.6 is 34.2 Å². The number of nitrogens with zero attached hydrogens (tertiary/aromatic N) is 1. The Morgan fingerprint density at radius 3 is 2.74 bits per heavy atom. The van der Waals surface area contributed by atoms with Gasteiger partial charge >= 0.3 is 0 Å². The van der Waals surface area contributed by atoms with Gasteiger partial charge in [-0.25, -0.2) is 4.98 Å². The quantitative estimate of drug-likeness (QED) is 0.344. The Labute approximate surface area is 174 Å². The molecule has 1 aromatic heterocycles. The predicted octanol–water partition coefficient (Wildman–Crippen LogP) is 6.31. The Morgan fingerprint density at radius 1 is 1.11 bits per heavy atom. The number of benzene rings is 3. The number of hydrogen-bond acceptors (Lipinski definition) is 3. The Bertz CT molecular complexity index is 1170. The van der Waals surface area contributed by atoms with Crippen molar-refractivity contribution in [1.29, 1.82) is 0 Å². The summed E-state index contributed by atoms with van der Waals surface area (Å²) in [5, 5.41) is 3.59. The van der Waals surface area contributed by atoms with Crippen LogP contribution in [0.1, 0.15) is 15.9 Å². The Morgan fingerprint density at radius 2 is 1.93 bits per heavy atom. The van der Waals surface area contributed by atoms with Gasteiger partial charge in [-0.1, -0.05) is 29.8 Å². The van der Waals surface area contributed by atoms with Crippen LogP contribution < -0.4 is 5.32 Å². The average molecular weight is 489 g/mol. The van der Waals surface area contributed by atoms with Crippen LogP contribution in [-0.4, -0.2) is 10.9 Å². The molecular weight excluding hydrogens is 475 g/mol. The molecule has 0 aliphatic rings. The van der Waals surface area contributed by atoms with Crippen molar-refractivity contribution in [3.05, 3.63) is 80.4 Å². The van der Waals surface area contributed by atoms with E-state index in [4.69, 9.17) is 16.0 Å². The fraction of sp³-hybridized carbons (Fsp3) is 0.0476. The molecule has 4 nitrogen and oxygen atoms in total. The summed E-state index contributed by atoms with van der Waals surface area (Å²) in [6.45, 7) is 1.93. The second kappa shape index (κ2) is 7.32. The van der Waals surface area contributed by atoms with Gasteiger partial charge in [0.15, 0.2) is 5.58 Å². The van der Waals surface area contributed by atoms with Gasteiger partial charge in [-0.05, 0) is 77.5 Å². The summed E-state index contributed by atoms with van der Waals surface area (Å²) in [6, 6.07) is 18.5. The number of carbonyl (C=O) groups is 1. The van der Waals surface area contributed by atoms with Crippen molar-refractivity contribution < 1.29 is 9.21 Å². The van der Waals surface area contributed by atoms with E-state index in [1.165, 1.54) is 0 Å². The fourth-order valence-electron chi connectivity index (χ4n) is 2.85. The molecule has 1 N–H and O–H groups in total. The normalized spacial score (nSPS) is 10.9. The van der Waals surface area contributed by atoms with Gasteiger partial charge in [-0.3, -0.25) is 4.79 Å². The number of carbonyl (C=O) groups excluding carboxylic acids is 1. The summed E-state index contributed by atoms with van der Waals surface area (Å²) in [7, 11) is 0. The SMILES string of the molecule is Cc1c(NC(=O)c2ccccc2I)cccc1-c1nc2cc(Cl)ccc2o1. The molecule has 0 saturated heterocycles. The second-order valence-corrected chi connectivity index (χ2v) is 7.64. The molecular formula is C21H14ClIN2O2. The van der Waals surface area contributed by atoms with E-state index in [-0.39, 0.29) is 5.91 Å². The lowest BCUT2D eigenvalue weighted by Crippen LogP contribution is -2.14. The van der Waals surface area contributed by atoms with E-state index in [0.717, 1.165) is 20.4 Å². The lowest BCUT2D eigenvalue weighted by Gasteiger charge is -2.11. The molecule has 4 rings (SSSR count). The van der Waals surface area contributed by atoms with Crippen LogP contribution in [-0.2, 0) is 0 Å². The predicted molar refractivity (Wildman–Crippen MR) is 116 cm³/mol. The summed E-state index contributed by atoms with van der Waals surface area (Å²) in [5.74, 6) is 0.347. The van der Waals surface area contributed by atoms with Gasteiger partial charge in [0.25, 0.3) is 5.91 Å². The van der Waals surface area contributed by atoms with Crippen molar-refractivity contribution in [2.24, 2.45) is 0 Å². The molecule has 134 valence electrons. The summed E-state index contributed by atoms with van der Waals surface area (Å²) >= 11 is 8.19. The zero-order chi connectivity index (χ0) is 19.0. The van der Waals surface area contributed by atoms with Crippen molar-refractivity contribution in [1.82, 2.24) is 4.98 Å². The first-order valence-corrected chi connectivity index (χ1v) is 9.70. The highest BCUT2D eigenvalue weighted by atomic mass is 127. The molecule has 0 aliphatic heterocycles. The molecule has 0 atom stereocenters. The van der Waals surface area contributed by atoms with Gasteiger partial charge in [0.2, 0.25) is 5.89 Å². The highest BCUT2D eigenvalue weighted by Crippen LogP contribution is 2.31. The lowest BCUT2D eigenvalue weighted by molar-refractivity contribution is 0.102. The van der Waals surface area contributed by atoms with Crippen LogP contribution in [0.25, 0.3) is 22.6 Å². The number of fused-ring (bicyclic) bond motifs is 1. The monoisotopic (exact) mass is 488 g/mol. The van der Waals surface area contributed by atoms with Crippen LogP contribution in [0, 0.1) is 10.5 Å². The standard InChI is InChI=1S/C21H14ClIN2O2/c1-12-14(21-25-18-11-13(22)9-10-19(18)27-21)6-4-8-17(12)24-20(26)15-5-2-3-7-16(15)23/h2-11H,1H3,(H,24,26). The highest BCUT2D eigenvalue weighted by Gasteiger charge is 2.15. The molecule has 0 bridgehead atoms. The van der Waals surface area contributed by atoms with E-state index in [2.05, 4.69) is 32.9 Å². The number of halogens is 2. The van der Waals surface area contributed by atoms with Crippen LogP contribution in [0.5, 0.6) is 0 Å². The number of anilines is 1. The third-order valence-electron chi connectivity index (χ3n) is 4.28. The molecule has 27 heavy (non-hydrogen) atoms. The number of amides is 1. The fourth-order valence-corrected chi connectivity index (χ4v) is 3.65. The molecule has 0 radical (unpaired) electrons. The summed E-state index contributed by atoms with van der Waals surface area (Å²) in [4.78, 5) is 17.2. The smallest absolute Gasteiger partial charge is 0.256 e. The molecule has 1 heterocycles. The average Bonchev–Trinajstić information content (AvgIpc) is 3.06. The maximum absolute atomic E-state index is 12.6. The minimum Gasteiger partial charge on any atom is -0.436 e. The van der Waals surface area contributed by atoms with E-state index in [9.17, 15) is 4.79 Å². The first kappa shape index (κ1) is 18.0. The van der Waals surface area contributed by atoms with Gasteiger partial charge in [-0.15, -0.1) is 0 Å². The molecule has 1 amide bonds. The van der Waals surface area contributed by atoms with Crippen molar-refractivity contribution in [2.45, 2.75) is 6.92 Å². The van der Waals surface area contributed by atoms with Crippen molar-refractivity contribution in [3.8, 4) is 11.5 Å². The maximum atomic E-state index is 12.6. The van der Waals surface area contributed by atoms with E-state index in [0.29, 0.717) is 27.6 Å². The minimum absolute atomic E-state index is 0.149. The van der Waals surface area contributed by atoms with Gasteiger partial charge in [0.1, 0.15) is 5.52 Å². The zero-order valence-corrected chi connectivity index (χ0v) is 17.2. The maximum Gasteiger partial charge on any atom is 0.256 e. The summed E-state index contributed by atoms with van der Waals surface area (Å²) in [5.41, 5.74) is 4.43. The van der Waals surface area contributed by atoms with Gasteiger partial charge in [0, 0.05) is 19.8 Å². The summed E-state index contributed by atoms with van der Waals surface area (Å²) < 4.78 is 6.77. The van der Waals surface area contributed by atoms with Gasteiger partial charge < -0.3 is 9.73 Å². The Balaban J connectivity index is 1.70. The zero-order valence-electron chi connectivity index (χ0n) is 14.3. The van der Waals surface area contributed by atoms with E-state index in [1.807, 2.05) is 43.3 Å². The largest absolute Gasteiger partial charge is 0.436 e. The third-order valence-corrected chi connectivity index (χ3v) is 5.46. The van der Waals surface area contributed by atoms with E-state index in [1.54, 1.807) is 24.3 Å². The first-order valence-electron chi connectivity index (χ1n) is 8.25. The summed E-state index contributed by atoms with van der Waals surface area (Å²) in [6.07, 6.45) is 0. The van der Waals surface area contributed by atoms with Crippen LogP contribution in [0.2, 0.25) is 5.02 Å². The van der Waals surface area contributed by atoms with Crippen LogP contribution in [0.15, 0.2) is 65.1 Å². The van der Waals surface area contributed by atoms with E-state index < -0.39 is 0 Å². The number of nitrogens with one attached hydrogen (secondary N) is 1. The van der Waals surface area contributed by atoms with Crippen LogP contribution in [0.3, 0.4) is 0 Å². The second-order valence-electron chi connectivity index (χ2n) is 6.04. The molecule has 0 unspecified atom stereocenters. The molecule has 0 saturated carbocycles. The molecule has 0 spiro atoms. The number of aromatic nitrogens is 1. The molecule has 0 fully saturated rings. The van der Waals surface area contributed by atoms with Crippen molar-refractivity contribution in [3.63, 3.8) is 0 Å². The number of oxazole rings is 1. The molecule has 6 heteroatoms. The molecule has 4 aromatic rings. The molecule has 0 aliphatic carbocycles. The third kappa shape index (κ3) is 3.57. The topological polar surface area (TPSA) is 55.1 Å². The van der Waals surface area contributed by atoms with Gasteiger partial charge in [0.05, 0.1) is 5.56 Å². The van der Waals surface area contributed by atoms with Crippen molar-refractivity contribution in [2.75, 3.05) is 5.32 Å². The van der Waals surface area contributed by atoms with E-state index >= 15 is 0 Å². The molecule has 3 aromatic carbocycles. The Kier molecular flexibility index (Phi) is 4.88. The first-order chi connectivity index (χ1) is 13.0. The number of hydrogen-bond donors (Lipinski definition) is 1. The minimum atomic E-state index is -0.149. The van der Waals surface area contributed by atoms with Crippen LogP contribution in [0.4, 0.5) is 5.69 Å². The highest BCUT2D eigenvalue weighted by molar-refractivity contribution is 14.1. The van der Waals surface area contributed by atoms with Crippen molar-refractivity contribution >= 4 is 56.9 Å². The lowest BCUT2D eigenvalue weighted by atomic mass is 10.1. The van der Waals surface area contributed by atoms with Gasteiger partial charge in [-0.2, -0.15) is 0 Å². The Hall–Kier alpha value is -2.38. The number of rotatable bonds is 3.